The molecule has 3 aromatic rings. The lowest BCUT2D eigenvalue weighted by Crippen LogP contribution is -2.48. The van der Waals surface area contributed by atoms with E-state index in [1.807, 2.05) is 60.7 Å². The molecule has 0 fully saturated rings. The first-order chi connectivity index (χ1) is 16.1. The van der Waals surface area contributed by atoms with Crippen molar-refractivity contribution in [3.05, 3.63) is 96.1 Å². The number of ether oxygens (including phenoxy) is 3. The highest BCUT2D eigenvalue weighted by Crippen LogP contribution is 2.16. The van der Waals surface area contributed by atoms with Gasteiger partial charge in [0.1, 0.15) is 30.8 Å². The fraction of sp³-hybridized carbons (Fsp3) is 0.231. The third-order valence-electron chi connectivity index (χ3n) is 4.83. The lowest BCUT2D eigenvalue weighted by atomic mass is 10.1. The Kier molecular flexibility index (Phi) is 9.15. The van der Waals surface area contributed by atoms with Crippen LogP contribution >= 0.6 is 0 Å². The van der Waals surface area contributed by atoms with E-state index >= 15 is 0 Å². The Morgan fingerprint density at radius 2 is 1.42 bits per heavy atom. The molecule has 2 amide bonds. The minimum Gasteiger partial charge on any atom is -0.497 e. The Hall–Kier alpha value is -4.00. The van der Waals surface area contributed by atoms with Gasteiger partial charge in [0.2, 0.25) is 5.91 Å². The lowest BCUT2D eigenvalue weighted by Gasteiger charge is -2.19. The number of hydrogen-bond acceptors (Lipinski definition) is 5. The maximum Gasteiger partial charge on any atom is 0.408 e. The summed E-state index contributed by atoms with van der Waals surface area (Å²) in [6, 6.07) is 25.3. The highest BCUT2D eigenvalue weighted by molar-refractivity contribution is 5.85. The van der Waals surface area contributed by atoms with Gasteiger partial charge in [-0.1, -0.05) is 60.7 Å². The van der Waals surface area contributed by atoms with Crippen LogP contribution < -0.4 is 20.1 Å². The zero-order chi connectivity index (χ0) is 23.3. The molecule has 0 spiro atoms. The van der Waals surface area contributed by atoms with Crippen LogP contribution in [0, 0.1) is 0 Å². The van der Waals surface area contributed by atoms with Crippen LogP contribution in [0.3, 0.4) is 0 Å². The molecule has 2 N–H and O–H groups in total. The van der Waals surface area contributed by atoms with Crippen molar-refractivity contribution in [1.82, 2.24) is 10.6 Å². The van der Waals surface area contributed by atoms with E-state index < -0.39 is 12.1 Å². The molecule has 3 rings (SSSR count). The summed E-state index contributed by atoms with van der Waals surface area (Å²) >= 11 is 0. The van der Waals surface area contributed by atoms with Gasteiger partial charge in [-0.2, -0.15) is 0 Å². The number of carbonyl (C=O) groups is 2. The van der Waals surface area contributed by atoms with Gasteiger partial charge in [-0.3, -0.25) is 4.79 Å². The standard InChI is InChI=1S/C26H28N2O5/c1-31-22-12-14-23(15-13-22)32-17-16-27-25(29)24(18-20-8-4-2-5-9-20)28-26(30)33-19-21-10-6-3-7-11-21/h2-15,24H,16-19H2,1H3,(H,27,29)(H,28,30)/t24-/m0/s1. The van der Waals surface area contributed by atoms with Gasteiger partial charge in [-0.25, -0.2) is 4.79 Å². The summed E-state index contributed by atoms with van der Waals surface area (Å²) in [5, 5.41) is 5.49. The van der Waals surface area contributed by atoms with Gasteiger partial charge in [0.25, 0.3) is 0 Å². The second-order valence-electron chi connectivity index (χ2n) is 7.26. The van der Waals surface area contributed by atoms with E-state index in [9.17, 15) is 9.59 Å². The van der Waals surface area contributed by atoms with E-state index in [1.165, 1.54) is 0 Å². The molecule has 3 aromatic carbocycles. The first kappa shape index (κ1) is 23.7. The molecular formula is C26H28N2O5. The molecule has 33 heavy (non-hydrogen) atoms. The Morgan fingerprint density at radius 3 is 2.06 bits per heavy atom. The first-order valence-corrected chi connectivity index (χ1v) is 10.7. The second kappa shape index (κ2) is 12.8. The Balaban J connectivity index is 1.51. The SMILES string of the molecule is COc1ccc(OCCNC(=O)[C@H](Cc2ccccc2)NC(=O)OCc2ccccc2)cc1. The van der Waals surface area contributed by atoms with E-state index in [4.69, 9.17) is 14.2 Å². The number of nitrogens with one attached hydrogen (secondary N) is 2. The number of rotatable bonds is 11. The zero-order valence-corrected chi connectivity index (χ0v) is 18.5. The van der Waals surface area contributed by atoms with E-state index in [0.29, 0.717) is 12.2 Å². The van der Waals surface area contributed by atoms with Crippen molar-refractivity contribution < 1.29 is 23.8 Å². The minimum absolute atomic E-state index is 0.127. The molecule has 0 unspecified atom stereocenters. The fourth-order valence-electron chi connectivity index (χ4n) is 3.10. The van der Waals surface area contributed by atoms with Crippen molar-refractivity contribution in [1.29, 1.82) is 0 Å². The molecule has 1 atom stereocenters. The van der Waals surface area contributed by atoms with Crippen molar-refractivity contribution in [2.24, 2.45) is 0 Å². The molecule has 0 saturated carbocycles. The van der Waals surface area contributed by atoms with E-state index in [-0.39, 0.29) is 25.7 Å². The normalized spacial score (nSPS) is 11.2. The highest BCUT2D eigenvalue weighted by atomic mass is 16.5. The Bertz CT molecular complexity index is 994. The third kappa shape index (κ3) is 8.22. The summed E-state index contributed by atoms with van der Waals surface area (Å²) in [4.78, 5) is 25.1. The average Bonchev–Trinajstić information content (AvgIpc) is 2.86. The number of amides is 2. The smallest absolute Gasteiger partial charge is 0.408 e. The van der Waals surface area contributed by atoms with Crippen molar-refractivity contribution in [3.8, 4) is 11.5 Å². The largest absolute Gasteiger partial charge is 0.497 e. The van der Waals surface area contributed by atoms with E-state index in [2.05, 4.69) is 10.6 Å². The van der Waals surface area contributed by atoms with Gasteiger partial charge in [0, 0.05) is 6.42 Å². The minimum atomic E-state index is -0.781. The van der Waals surface area contributed by atoms with Crippen LogP contribution in [-0.2, 0) is 22.6 Å². The van der Waals surface area contributed by atoms with Gasteiger partial charge >= 0.3 is 6.09 Å². The molecular weight excluding hydrogens is 420 g/mol. The average molecular weight is 449 g/mol. The number of benzene rings is 3. The summed E-state index contributed by atoms with van der Waals surface area (Å²) in [7, 11) is 1.60. The maximum absolute atomic E-state index is 12.8. The van der Waals surface area contributed by atoms with Crippen LogP contribution in [0.2, 0.25) is 0 Å². The van der Waals surface area contributed by atoms with Gasteiger partial charge in [0.05, 0.1) is 13.7 Å². The number of alkyl carbamates (subject to hydrolysis) is 1. The fourth-order valence-corrected chi connectivity index (χ4v) is 3.10. The molecule has 0 saturated heterocycles. The van der Waals surface area contributed by atoms with Crippen molar-refractivity contribution >= 4 is 12.0 Å². The topological polar surface area (TPSA) is 85.9 Å². The number of methoxy groups -OCH3 is 1. The number of carbonyl (C=O) groups excluding carboxylic acids is 2. The van der Waals surface area contributed by atoms with Gasteiger partial charge in [-0.05, 0) is 35.4 Å². The molecule has 0 aromatic heterocycles. The predicted molar refractivity (Wildman–Crippen MR) is 125 cm³/mol. The molecule has 0 aliphatic heterocycles. The van der Waals surface area contributed by atoms with Crippen molar-refractivity contribution in [2.45, 2.75) is 19.1 Å². The molecule has 0 heterocycles. The molecule has 7 nitrogen and oxygen atoms in total. The molecule has 0 radical (unpaired) electrons. The first-order valence-electron chi connectivity index (χ1n) is 10.7. The van der Waals surface area contributed by atoms with E-state index in [0.717, 1.165) is 16.9 Å². The lowest BCUT2D eigenvalue weighted by molar-refractivity contribution is -0.123. The van der Waals surface area contributed by atoms with Crippen LogP contribution in [0.25, 0.3) is 0 Å². The van der Waals surface area contributed by atoms with Gasteiger partial charge in [0.15, 0.2) is 0 Å². The van der Waals surface area contributed by atoms with Crippen LogP contribution in [0.1, 0.15) is 11.1 Å². The highest BCUT2D eigenvalue weighted by Gasteiger charge is 2.22. The van der Waals surface area contributed by atoms with Gasteiger partial charge in [-0.15, -0.1) is 0 Å². The molecule has 172 valence electrons. The summed E-state index contributed by atoms with van der Waals surface area (Å²) < 4.78 is 16.0. The maximum atomic E-state index is 12.8. The second-order valence-corrected chi connectivity index (χ2v) is 7.26. The summed E-state index contributed by atoms with van der Waals surface area (Å²) in [5.74, 6) is 1.10. The van der Waals surface area contributed by atoms with E-state index in [1.54, 1.807) is 31.4 Å². The summed E-state index contributed by atoms with van der Waals surface area (Å²) in [6.45, 7) is 0.702. The quantitative estimate of drug-likeness (QED) is 0.437. The molecule has 7 heteroatoms. The Labute approximate surface area is 193 Å². The van der Waals surface area contributed by atoms with Crippen molar-refractivity contribution in [3.63, 3.8) is 0 Å². The monoisotopic (exact) mass is 448 g/mol. The molecule has 0 aliphatic rings. The van der Waals surface area contributed by atoms with Crippen LogP contribution in [0.5, 0.6) is 11.5 Å². The zero-order valence-electron chi connectivity index (χ0n) is 18.5. The van der Waals surface area contributed by atoms with Crippen LogP contribution in [0.4, 0.5) is 4.79 Å². The summed E-state index contributed by atoms with van der Waals surface area (Å²) in [5.41, 5.74) is 1.79. The van der Waals surface area contributed by atoms with Crippen LogP contribution in [-0.4, -0.2) is 38.3 Å². The molecule has 0 bridgehead atoms. The third-order valence-corrected chi connectivity index (χ3v) is 4.83. The predicted octanol–water partition coefficient (Wildman–Crippen LogP) is 3.73. The summed E-state index contributed by atoms with van der Waals surface area (Å²) in [6.07, 6.45) is -0.309. The number of hydrogen-bond donors (Lipinski definition) is 2. The Morgan fingerprint density at radius 1 is 0.818 bits per heavy atom. The molecule has 0 aliphatic carbocycles. The van der Waals surface area contributed by atoms with Gasteiger partial charge < -0.3 is 24.8 Å². The van der Waals surface area contributed by atoms with Crippen molar-refractivity contribution in [2.75, 3.05) is 20.3 Å². The van der Waals surface area contributed by atoms with Crippen LogP contribution in [0.15, 0.2) is 84.9 Å².